The average Bonchev–Trinajstić information content (AvgIpc) is 2.86. The summed E-state index contributed by atoms with van der Waals surface area (Å²) in [6, 6.07) is 0.370. The maximum Gasteiger partial charge on any atom is 0.265 e. The summed E-state index contributed by atoms with van der Waals surface area (Å²) >= 11 is 0. The molecule has 2 heterocycles. The molecule has 18 heavy (non-hydrogen) atoms. The molecule has 1 fully saturated rings. The van der Waals surface area contributed by atoms with Crippen LogP contribution in [0.4, 0.5) is 5.95 Å². The standard InChI is InChI=1S/C12H22N4O2/c1-4-6-13-10-5-7-17-8-9(10)11-14-12(15-18-11)16(2)3/h9-10,13H,4-8H2,1-3H3. The van der Waals surface area contributed by atoms with E-state index in [1.165, 1.54) is 0 Å². The molecule has 1 saturated heterocycles. The van der Waals surface area contributed by atoms with E-state index in [2.05, 4.69) is 22.4 Å². The van der Waals surface area contributed by atoms with Crippen LogP contribution in [0, 0.1) is 0 Å². The maximum atomic E-state index is 5.54. The van der Waals surface area contributed by atoms with E-state index in [1.54, 1.807) is 0 Å². The number of nitrogens with zero attached hydrogens (tertiary/aromatic N) is 3. The number of aromatic nitrogens is 2. The minimum atomic E-state index is 0.159. The van der Waals surface area contributed by atoms with Gasteiger partial charge in [0.15, 0.2) is 0 Å². The van der Waals surface area contributed by atoms with Gasteiger partial charge >= 0.3 is 0 Å². The fraction of sp³-hybridized carbons (Fsp3) is 0.833. The molecule has 0 saturated carbocycles. The number of ether oxygens (including phenoxy) is 1. The van der Waals surface area contributed by atoms with Crippen LogP contribution in [0.5, 0.6) is 0 Å². The molecule has 0 aromatic carbocycles. The molecule has 6 nitrogen and oxygen atoms in total. The number of anilines is 1. The Morgan fingerprint density at radius 2 is 2.28 bits per heavy atom. The molecule has 2 rings (SSSR count). The van der Waals surface area contributed by atoms with Gasteiger partial charge in [-0.1, -0.05) is 6.92 Å². The van der Waals surface area contributed by atoms with Gasteiger partial charge in [-0.25, -0.2) is 0 Å². The average molecular weight is 254 g/mol. The lowest BCUT2D eigenvalue weighted by molar-refractivity contribution is 0.0498. The van der Waals surface area contributed by atoms with E-state index >= 15 is 0 Å². The smallest absolute Gasteiger partial charge is 0.265 e. The SMILES string of the molecule is CCCNC1CCOCC1c1nc(N(C)C)no1. The van der Waals surface area contributed by atoms with Crippen molar-refractivity contribution in [3.8, 4) is 0 Å². The van der Waals surface area contributed by atoms with Gasteiger partial charge < -0.3 is 19.5 Å². The third-order valence-corrected chi connectivity index (χ3v) is 3.16. The first-order valence-electron chi connectivity index (χ1n) is 6.54. The van der Waals surface area contributed by atoms with Crippen LogP contribution in [0.2, 0.25) is 0 Å². The Balaban J connectivity index is 2.06. The molecule has 0 amide bonds. The van der Waals surface area contributed by atoms with E-state index < -0.39 is 0 Å². The van der Waals surface area contributed by atoms with Crippen molar-refractivity contribution >= 4 is 5.95 Å². The van der Waals surface area contributed by atoms with Crippen molar-refractivity contribution in [2.45, 2.75) is 31.7 Å². The van der Waals surface area contributed by atoms with E-state index in [0.29, 0.717) is 24.5 Å². The van der Waals surface area contributed by atoms with Crippen LogP contribution in [0.25, 0.3) is 0 Å². The first kappa shape index (κ1) is 13.3. The number of hydrogen-bond donors (Lipinski definition) is 1. The van der Waals surface area contributed by atoms with Crippen molar-refractivity contribution in [2.75, 3.05) is 38.8 Å². The highest BCUT2D eigenvalue weighted by molar-refractivity contribution is 5.24. The lowest BCUT2D eigenvalue weighted by atomic mass is 9.95. The van der Waals surface area contributed by atoms with Crippen molar-refractivity contribution in [3.05, 3.63) is 5.89 Å². The summed E-state index contributed by atoms with van der Waals surface area (Å²) < 4.78 is 10.9. The summed E-state index contributed by atoms with van der Waals surface area (Å²) in [5, 5.41) is 7.50. The summed E-state index contributed by atoms with van der Waals surface area (Å²) in [4.78, 5) is 6.26. The molecule has 0 spiro atoms. The normalized spacial score (nSPS) is 24.2. The molecule has 102 valence electrons. The van der Waals surface area contributed by atoms with Crippen LogP contribution in [0.1, 0.15) is 31.6 Å². The molecule has 1 aromatic rings. The molecule has 2 atom stereocenters. The minimum Gasteiger partial charge on any atom is -0.381 e. The second kappa shape index (κ2) is 6.15. The maximum absolute atomic E-state index is 5.54. The highest BCUT2D eigenvalue weighted by Gasteiger charge is 2.31. The summed E-state index contributed by atoms with van der Waals surface area (Å²) in [6.45, 7) is 4.62. The quantitative estimate of drug-likeness (QED) is 0.846. The molecule has 0 radical (unpaired) electrons. The predicted molar refractivity (Wildman–Crippen MR) is 68.9 cm³/mol. The van der Waals surface area contributed by atoms with Crippen molar-refractivity contribution in [1.82, 2.24) is 15.5 Å². The summed E-state index contributed by atoms with van der Waals surface area (Å²) in [7, 11) is 3.80. The van der Waals surface area contributed by atoms with E-state index in [-0.39, 0.29) is 5.92 Å². The lowest BCUT2D eigenvalue weighted by Crippen LogP contribution is -2.41. The van der Waals surface area contributed by atoms with Gasteiger partial charge in [0, 0.05) is 26.7 Å². The van der Waals surface area contributed by atoms with Crippen molar-refractivity contribution in [3.63, 3.8) is 0 Å². The largest absolute Gasteiger partial charge is 0.381 e. The van der Waals surface area contributed by atoms with Gasteiger partial charge in [-0.2, -0.15) is 4.98 Å². The third kappa shape index (κ3) is 3.00. The molecular weight excluding hydrogens is 232 g/mol. The zero-order chi connectivity index (χ0) is 13.0. The first-order chi connectivity index (χ1) is 8.72. The van der Waals surface area contributed by atoms with Crippen molar-refractivity contribution < 1.29 is 9.26 Å². The Bertz CT molecular complexity index is 367. The molecule has 6 heteroatoms. The summed E-state index contributed by atoms with van der Waals surface area (Å²) in [5.41, 5.74) is 0. The van der Waals surface area contributed by atoms with Gasteiger partial charge in [-0.15, -0.1) is 0 Å². The van der Waals surface area contributed by atoms with Gasteiger partial charge in [0.05, 0.1) is 12.5 Å². The fourth-order valence-corrected chi connectivity index (χ4v) is 2.11. The second-order valence-electron chi connectivity index (χ2n) is 4.86. The van der Waals surface area contributed by atoms with Crippen molar-refractivity contribution in [2.24, 2.45) is 0 Å². The van der Waals surface area contributed by atoms with Crippen LogP contribution >= 0.6 is 0 Å². The van der Waals surface area contributed by atoms with Crippen LogP contribution in [-0.2, 0) is 4.74 Å². The van der Waals surface area contributed by atoms with Crippen LogP contribution in [0.3, 0.4) is 0 Å². The van der Waals surface area contributed by atoms with E-state index in [1.807, 2.05) is 19.0 Å². The summed E-state index contributed by atoms with van der Waals surface area (Å²) in [6.07, 6.45) is 2.11. The molecule has 1 aliphatic rings. The third-order valence-electron chi connectivity index (χ3n) is 3.16. The second-order valence-corrected chi connectivity index (χ2v) is 4.86. The van der Waals surface area contributed by atoms with Gasteiger partial charge in [-0.3, -0.25) is 0 Å². The van der Waals surface area contributed by atoms with E-state index in [0.717, 1.165) is 26.0 Å². The fourth-order valence-electron chi connectivity index (χ4n) is 2.11. The first-order valence-corrected chi connectivity index (χ1v) is 6.54. The zero-order valence-corrected chi connectivity index (χ0v) is 11.3. The van der Waals surface area contributed by atoms with Gasteiger partial charge in [0.2, 0.25) is 5.89 Å². The Hall–Kier alpha value is -1.14. The molecule has 1 N–H and O–H groups in total. The molecule has 1 aromatic heterocycles. The van der Waals surface area contributed by atoms with Gasteiger partial charge in [0.25, 0.3) is 5.95 Å². The predicted octanol–water partition coefficient (Wildman–Crippen LogP) is 1.01. The zero-order valence-electron chi connectivity index (χ0n) is 11.3. The molecule has 0 aliphatic carbocycles. The highest BCUT2D eigenvalue weighted by atomic mass is 16.5. The van der Waals surface area contributed by atoms with Gasteiger partial charge in [-0.05, 0) is 24.5 Å². The summed E-state index contributed by atoms with van der Waals surface area (Å²) in [5.74, 6) is 1.45. The Morgan fingerprint density at radius 3 is 2.94 bits per heavy atom. The molecule has 2 unspecified atom stereocenters. The number of rotatable bonds is 5. The molecule has 1 aliphatic heterocycles. The van der Waals surface area contributed by atoms with E-state index in [4.69, 9.17) is 9.26 Å². The van der Waals surface area contributed by atoms with E-state index in [9.17, 15) is 0 Å². The van der Waals surface area contributed by atoms with Crippen LogP contribution in [-0.4, -0.2) is 50.0 Å². The van der Waals surface area contributed by atoms with Gasteiger partial charge in [0.1, 0.15) is 0 Å². The lowest BCUT2D eigenvalue weighted by Gasteiger charge is -2.29. The van der Waals surface area contributed by atoms with Crippen molar-refractivity contribution in [1.29, 1.82) is 0 Å². The Labute approximate surface area is 108 Å². The monoisotopic (exact) mass is 254 g/mol. The van der Waals surface area contributed by atoms with Crippen LogP contribution in [0.15, 0.2) is 4.52 Å². The molecule has 0 bridgehead atoms. The Morgan fingerprint density at radius 1 is 1.44 bits per heavy atom. The number of nitrogens with one attached hydrogen (secondary N) is 1. The minimum absolute atomic E-state index is 0.159. The topological polar surface area (TPSA) is 63.4 Å². The Kier molecular flexibility index (Phi) is 4.54. The van der Waals surface area contributed by atoms with Crippen LogP contribution < -0.4 is 10.2 Å². The number of hydrogen-bond acceptors (Lipinski definition) is 6. The molecular formula is C12H22N4O2. The highest BCUT2D eigenvalue weighted by Crippen LogP contribution is 2.25.